The van der Waals surface area contributed by atoms with Gasteiger partial charge in [0.2, 0.25) is 11.8 Å². The Kier molecular flexibility index (Phi) is 9.23. The first-order valence-corrected chi connectivity index (χ1v) is 16.6. The molecule has 0 atom stereocenters. The number of carbonyl (C=O) groups is 2. The summed E-state index contributed by atoms with van der Waals surface area (Å²) in [7, 11) is -1.99. The zero-order valence-electron chi connectivity index (χ0n) is 25.0. The van der Waals surface area contributed by atoms with Crippen molar-refractivity contribution in [2.75, 3.05) is 38.8 Å². The van der Waals surface area contributed by atoms with E-state index < -0.39 is 63.0 Å². The van der Waals surface area contributed by atoms with E-state index in [1.807, 2.05) is 23.1 Å². The van der Waals surface area contributed by atoms with Crippen LogP contribution < -0.4 is 16.0 Å². The van der Waals surface area contributed by atoms with Gasteiger partial charge in [-0.25, -0.2) is 22.0 Å². The summed E-state index contributed by atoms with van der Waals surface area (Å²) in [5.74, 6) is -2.77. The predicted octanol–water partition coefficient (Wildman–Crippen LogP) is 1.63. The number of rotatable bonds is 8. The first kappa shape index (κ1) is 32.1. The highest BCUT2D eigenvalue weighted by Crippen LogP contribution is 2.26. The smallest absolute Gasteiger partial charge is 0.331 e. The Morgan fingerprint density at radius 2 is 1.73 bits per heavy atom. The number of likely N-dealkylation sites (tertiary alicyclic amines) is 1. The number of amides is 2. The zero-order valence-corrected chi connectivity index (χ0v) is 25.8. The number of methoxy groups -OCH3 is 1. The van der Waals surface area contributed by atoms with Crippen LogP contribution in [0.2, 0.25) is 0 Å². The lowest BCUT2D eigenvalue weighted by Crippen LogP contribution is -2.50. The van der Waals surface area contributed by atoms with Crippen molar-refractivity contribution >= 4 is 21.7 Å². The Morgan fingerprint density at radius 3 is 2.42 bits per heavy atom. The Labute approximate surface area is 258 Å². The molecule has 240 valence electrons. The van der Waals surface area contributed by atoms with E-state index in [-0.39, 0.29) is 23.9 Å². The lowest BCUT2D eigenvalue weighted by molar-refractivity contribution is -0.136. The van der Waals surface area contributed by atoms with Crippen molar-refractivity contribution in [3.63, 3.8) is 0 Å². The second-order valence-electron chi connectivity index (χ2n) is 11.4. The van der Waals surface area contributed by atoms with E-state index in [4.69, 9.17) is 4.74 Å². The summed E-state index contributed by atoms with van der Waals surface area (Å²) < 4.78 is 59.2. The van der Waals surface area contributed by atoms with Crippen LogP contribution in [0.5, 0.6) is 5.75 Å². The third kappa shape index (κ3) is 7.00. The zero-order chi connectivity index (χ0) is 32.5. The normalized spacial score (nSPS) is 16.0. The molecule has 2 aliphatic rings. The highest BCUT2D eigenvalue weighted by atomic mass is 32.2. The topological polar surface area (TPSA) is 128 Å². The Morgan fingerprint density at radius 1 is 1.00 bits per heavy atom. The summed E-state index contributed by atoms with van der Waals surface area (Å²) in [5.41, 5.74) is -0.711. The van der Waals surface area contributed by atoms with Crippen LogP contribution in [-0.4, -0.2) is 84.0 Å². The molecule has 3 heterocycles. The molecule has 5 rings (SSSR count). The van der Waals surface area contributed by atoms with Gasteiger partial charge in [0.25, 0.3) is 5.56 Å². The minimum absolute atomic E-state index is 0.0173. The van der Waals surface area contributed by atoms with Crippen LogP contribution in [0.25, 0.3) is 11.1 Å². The number of nitrogens with zero attached hydrogens (tertiary/aromatic N) is 4. The first-order chi connectivity index (χ1) is 21.4. The standard InChI is InChI=1S/C31H34F2N4O7S/c1-44-23-7-6-20-17-27(38)36(13-8-21(20)16-23)22-9-11-34(12-10-22)28(39)19-35-18-25(24-4-3-5-26(32)29(24)33)30(40)37(31(35)41)14-15-45(2,42)43/h3-7,16,18,22H,8-15,17,19H2,1-2H3. The molecular weight excluding hydrogens is 610 g/mol. The van der Waals surface area contributed by atoms with Gasteiger partial charge in [0.05, 0.1) is 24.8 Å². The molecule has 0 N–H and O–H groups in total. The van der Waals surface area contributed by atoms with Crippen LogP contribution in [0.1, 0.15) is 24.0 Å². The molecule has 2 amide bonds. The SMILES string of the molecule is COc1ccc2c(c1)CCN(C1CCN(C(=O)Cn3cc(-c4cccc(F)c4F)c(=O)n(CCS(C)(=O)=O)c3=O)CC1)C(=O)C2. The molecule has 0 spiro atoms. The van der Waals surface area contributed by atoms with Gasteiger partial charge in [-0.1, -0.05) is 18.2 Å². The Bertz CT molecular complexity index is 1860. The molecular formula is C31H34F2N4O7S. The van der Waals surface area contributed by atoms with Gasteiger partial charge in [0, 0.05) is 50.2 Å². The largest absolute Gasteiger partial charge is 0.497 e. The quantitative estimate of drug-likeness (QED) is 0.365. The van der Waals surface area contributed by atoms with E-state index in [1.54, 1.807) is 12.0 Å². The van der Waals surface area contributed by atoms with Crippen LogP contribution in [0, 0.1) is 11.6 Å². The molecule has 11 nitrogen and oxygen atoms in total. The van der Waals surface area contributed by atoms with Crippen LogP contribution in [0.3, 0.4) is 0 Å². The van der Waals surface area contributed by atoms with Gasteiger partial charge >= 0.3 is 5.69 Å². The summed E-state index contributed by atoms with van der Waals surface area (Å²) in [6, 6.07) is 8.87. The van der Waals surface area contributed by atoms with E-state index >= 15 is 0 Å². The van der Waals surface area contributed by atoms with Crippen LogP contribution in [0.15, 0.2) is 52.2 Å². The number of sulfone groups is 1. The van der Waals surface area contributed by atoms with Gasteiger partial charge in [-0.15, -0.1) is 0 Å². The van der Waals surface area contributed by atoms with Crippen molar-refractivity contribution in [2.24, 2.45) is 0 Å². The maximum Gasteiger partial charge on any atom is 0.331 e. The molecule has 0 aliphatic carbocycles. The van der Waals surface area contributed by atoms with Crippen molar-refractivity contribution in [1.29, 1.82) is 0 Å². The van der Waals surface area contributed by atoms with Crippen LogP contribution in [0.4, 0.5) is 8.78 Å². The summed E-state index contributed by atoms with van der Waals surface area (Å²) in [5, 5.41) is 0. The number of hydrogen-bond donors (Lipinski definition) is 0. The van der Waals surface area contributed by atoms with Crippen molar-refractivity contribution in [3.8, 4) is 16.9 Å². The molecule has 45 heavy (non-hydrogen) atoms. The molecule has 0 unspecified atom stereocenters. The fourth-order valence-corrected chi connectivity index (χ4v) is 6.46. The van der Waals surface area contributed by atoms with E-state index in [1.165, 1.54) is 6.07 Å². The summed E-state index contributed by atoms with van der Waals surface area (Å²) in [6.45, 7) is 0.152. The second kappa shape index (κ2) is 13.0. The van der Waals surface area contributed by atoms with Crippen molar-refractivity contribution in [1.82, 2.24) is 18.9 Å². The van der Waals surface area contributed by atoms with Gasteiger partial charge in [-0.2, -0.15) is 0 Å². The molecule has 0 saturated carbocycles. The second-order valence-corrected chi connectivity index (χ2v) is 13.7. The highest BCUT2D eigenvalue weighted by molar-refractivity contribution is 7.90. The summed E-state index contributed by atoms with van der Waals surface area (Å²) in [6.07, 6.45) is 3.97. The number of halogens is 2. The molecule has 2 aromatic carbocycles. The van der Waals surface area contributed by atoms with E-state index in [0.717, 1.165) is 46.0 Å². The number of benzene rings is 2. The third-order valence-corrected chi connectivity index (χ3v) is 9.35. The lowest BCUT2D eigenvalue weighted by Gasteiger charge is -2.38. The predicted molar refractivity (Wildman–Crippen MR) is 162 cm³/mol. The van der Waals surface area contributed by atoms with E-state index in [0.29, 0.717) is 43.5 Å². The van der Waals surface area contributed by atoms with Gasteiger partial charge in [-0.3, -0.25) is 23.5 Å². The minimum Gasteiger partial charge on any atom is -0.497 e. The number of piperidine rings is 1. The number of hydrogen-bond acceptors (Lipinski definition) is 7. The number of fused-ring (bicyclic) bond motifs is 1. The van der Waals surface area contributed by atoms with Gasteiger partial charge in [-0.05, 0) is 48.6 Å². The van der Waals surface area contributed by atoms with Crippen molar-refractivity contribution in [3.05, 3.63) is 86.2 Å². The highest BCUT2D eigenvalue weighted by Gasteiger charge is 2.32. The molecule has 14 heteroatoms. The molecule has 1 saturated heterocycles. The monoisotopic (exact) mass is 644 g/mol. The Hall–Kier alpha value is -4.33. The van der Waals surface area contributed by atoms with Crippen LogP contribution in [-0.2, 0) is 45.4 Å². The van der Waals surface area contributed by atoms with Crippen LogP contribution >= 0.6 is 0 Å². The fourth-order valence-electron chi connectivity index (χ4n) is 5.94. The van der Waals surface area contributed by atoms with Gasteiger partial charge in [0.1, 0.15) is 22.1 Å². The molecule has 2 aliphatic heterocycles. The maximum absolute atomic E-state index is 14.7. The number of carbonyl (C=O) groups excluding carboxylic acids is 2. The average molecular weight is 645 g/mol. The maximum atomic E-state index is 14.7. The number of ether oxygens (including phenoxy) is 1. The molecule has 1 aromatic heterocycles. The number of aromatic nitrogens is 2. The summed E-state index contributed by atoms with van der Waals surface area (Å²) >= 11 is 0. The van der Waals surface area contributed by atoms with E-state index in [9.17, 15) is 36.4 Å². The third-order valence-electron chi connectivity index (χ3n) is 8.43. The van der Waals surface area contributed by atoms with Gasteiger partial charge in [0.15, 0.2) is 11.6 Å². The average Bonchev–Trinajstić information content (AvgIpc) is 3.17. The summed E-state index contributed by atoms with van der Waals surface area (Å²) in [4.78, 5) is 56.4. The van der Waals surface area contributed by atoms with E-state index in [2.05, 4.69) is 0 Å². The molecule has 1 fully saturated rings. The first-order valence-electron chi connectivity index (χ1n) is 14.6. The lowest BCUT2D eigenvalue weighted by atomic mass is 10.0. The molecule has 3 aromatic rings. The van der Waals surface area contributed by atoms with Crippen molar-refractivity contribution in [2.45, 2.75) is 44.8 Å². The van der Waals surface area contributed by atoms with Crippen molar-refractivity contribution < 1.29 is 31.5 Å². The fraction of sp³-hybridized carbons (Fsp3) is 0.419. The van der Waals surface area contributed by atoms with Gasteiger partial charge < -0.3 is 14.5 Å². The minimum atomic E-state index is -3.59. The molecule has 0 radical (unpaired) electrons. The molecule has 0 bridgehead atoms. The Balaban J connectivity index is 1.33.